The van der Waals surface area contributed by atoms with Crippen LogP contribution in [0, 0.1) is 6.92 Å². The number of anilines is 2. The fraction of sp³-hybridized carbons (Fsp3) is 0.469. The third-order valence-electron chi connectivity index (χ3n) is 10.1. The van der Waals surface area contributed by atoms with Crippen LogP contribution < -0.4 is 20.7 Å². The number of fused-ring (bicyclic) bond motifs is 1. The van der Waals surface area contributed by atoms with Crippen molar-refractivity contribution in [3.8, 4) is 0 Å². The zero-order valence-electron chi connectivity index (χ0n) is 24.9. The molecule has 2 amide bonds. The van der Waals surface area contributed by atoms with E-state index < -0.39 is 0 Å². The van der Waals surface area contributed by atoms with Gasteiger partial charge in [0, 0.05) is 81.1 Å². The number of aryl methyl sites for hydroxylation is 1. The lowest BCUT2D eigenvalue weighted by Gasteiger charge is -2.39. The molecule has 1 N–H and O–H groups in total. The molecule has 6 heterocycles. The summed E-state index contributed by atoms with van der Waals surface area (Å²) < 4.78 is 3.67. The Morgan fingerprint density at radius 2 is 1.74 bits per heavy atom. The Balaban J connectivity index is 0.988. The lowest BCUT2D eigenvalue weighted by atomic mass is 9.77. The van der Waals surface area contributed by atoms with Crippen LogP contribution in [-0.2, 0) is 12.0 Å². The van der Waals surface area contributed by atoms with E-state index in [0.717, 1.165) is 74.7 Å². The number of amides is 2. The van der Waals surface area contributed by atoms with E-state index in [-0.39, 0.29) is 22.5 Å². The number of piperidine rings is 1. The topological polar surface area (TPSA) is 104 Å². The first kappa shape index (κ1) is 27.4. The van der Waals surface area contributed by atoms with Gasteiger partial charge in [0.15, 0.2) is 5.82 Å². The van der Waals surface area contributed by atoms with Crippen molar-refractivity contribution in [1.29, 1.82) is 0 Å². The average molecular weight is 582 g/mol. The summed E-state index contributed by atoms with van der Waals surface area (Å²) in [5, 5.41) is 11.5. The summed E-state index contributed by atoms with van der Waals surface area (Å²) in [6.07, 6.45) is 9.06. The lowest BCUT2D eigenvalue weighted by molar-refractivity contribution is 0.215. The van der Waals surface area contributed by atoms with Gasteiger partial charge in [-0.15, -0.1) is 10.2 Å². The van der Waals surface area contributed by atoms with Crippen molar-refractivity contribution in [2.45, 2.75) is 57.0 Å². The van der Waals surface area contributed by atoms with Gasteiger partial charge in [-0.25, -0.2) is 9.78 Å². The summed E-state index contributed by atoms with van der Waals surface area (Å²) in [5.41, 5.74) is 3.87. The molecular formula is C32H39N9O2. The van der Waals surface area contributed by atoms with Gasteiger partial charge >= 0.3 is 6.03 Å². The highest BCUT2D eigenvalue weighted by Gasteiger charge is 2.44. The Hall–Kier alpha value is -4.41. The molecule has 4 aromatic rings. The Labute approximate surface area is 251 Å². The van der Waals surface area contributed by atoms with Crippen LogP contribution in [0.25, 0.3) is 5.65 Å². The van der Waals surface area contributed by atoms with Gasteiger partial charge in [-0.1, -0.05) is 37.3 Å². The fourth-order valence-corrected chi connectivity index (χ4v) is 7.38. The first-order valence-corrected chi connectivity index (χ1v) is 15.4. The van der Waals surface area contributed by atoms with Crippen LogP contribution in [0.2, 0.25) is 0 Å². The molecule has 11 nitrogen and oxygen atoms in total. The summed E-state index contributed by atoms with van der Waals surface area (Å²) in [6.45, 7) is 9.26. The molecule has 0 aliphatic carbocycles. The molecule has 3 saturated heterocycles. The van der Waals surface area contributed by atoms with Gasteiger partial charge in [0.25, 0.3) is 5.56 Å². The standard InChI is InChI=1S/C32H39N9O2/c1-3-31(25-7-5-4-6-8-25)9-13-38(21-31)26-19-24(2)41(27(42)20-26)18-17-39-22-32(35-30(39)43)10-14-37(15-11-32)28-29-36-34-23-40(29)16-12-33-28/h4-8,12,16,19-20,23H,3,9-11,13-15,17-18,21-22H2,1-2H3,(H,35,43)/t31-/m0/s1. The minimum absolute atomic E-state index is 0.0125. The van der Waals surface area contributed by atoms with E-state index >= 15 is 0 Å². The molecule has 0 radical (unpaired) electrons. The first-order valence-electron chi connectivity index (χ1n) is 15.4. The molecule has 3 aromatic heterocycles. The van der Waals surface area contributed by atoms with E-state index in [4.69, 9.17) is 0 Å². The zero-order chi connectivity index (χ0) is 29.6. The summed E-state index contributed by atoms with van der Waals surface area (Å²) in [6, 6.07) is 14.6. The van der Waals surface area contributed by atoms with Crippen LogP contribution in [0.3, 0.4) is 0 Å². The van der Waals surface area contributed by atoms with E-state index in [2.05, 4.69) is 73.6 Å². The second kappa shape index (κ2) is 10.7. The molecule has 7 rings (SSSR count). The first-order chi connectivity index (χ1) is 20.9. The molecule has 0 bridgehead atoms. The maximum atomic E-state index is 13.3. The number of carbonyl (C=O) groups excluding carboxylic acids is 1. The highest BCUT2D eigenvalue weighted by molar-refractivity contribution is 5.78. The SMILES string of the molecule is CC[C@]1(c2ccccc2)CCN(c2cc(C)n(CCN3CC4(CCN(c5nccn6cnnc56)CC4)NC3=O)c(=O)c2)C1. The number of nitrogens with one attached hydrogen (secondary N) is 1. The smallest absolute Gasteiger partial charge is 0.318 e. The average Bonchev–Trinajstić information content (AvgIpc) is 3.76. The van der Waals surface area contributed by atoms with Crippen LogP contribution in [0.4, 0.5) is 16.3 Å². The maximum absolute atomic E-state index is 13.3. The molecular weight excluding hydrogens is 542 g/mol. The van der Waals surface area contributed by atoms with Gasteiger partial charge in [0.2, 0.25) is 5.65 Å². The molecule has 1 aromatic carbocycles. The quantitative estimate of drug-likeness (QED) is 0.358. The molecule has 3 aliphatic heterocycles. The number of pyridine rings is 1. The Bertz CT molecular complexity index is 1690. The van der Waals surface area contributed by atoms with Crippen LogP contribution in [0.1, 0.15) is 43.9 Å². The van der Waals surface area contributed by atoms with E-state index in [0.29, 0.717) is 19.6 Å². The number of rotatable bonds is 7. The lowest BCUT2D eigenvalue weighted by Crippen LogP contribution is -2.52. The molecule has 43 heavy (non-hydrogen) atoms. The van der Waals surface area contributed by atoms with Crippen molar-refractivity contribution in [3.05, 3.63) is 82.8 Å². The highest BCUT2D eigenvalue weighted by atomic mass is 16.2. The third kappa shape index (κ3) is 4.90. The number of nitrogens with zero attached hydrogens (tertiary/aromatic N) is 8. The monoisotopic (exact) mass is 581 g/mol. The van der Waals surface area contributed by atoms with Crippen LogP contribution in [0.15, 0.2) is 66.0 Å². The number of carbonyl (C=O) groups is 1. The summed E-state index contributed by atoms with van der Waals surface area (Å²) >= 11 is 0. The molecule has 0 unspecified atom stereocenters. The van der Waals surface area contributed by atoms with Crippen molar-refractivity contribution >= 4 is 23.2 Å². The molecule has 3 aliphatic rings. The van der Waals surface area contributed by atoms with Crippen LogP contribution in [0.5, 0.6) is 0 Å². The number of hydrogen-bond acceptors (Lipinski definition) is 7. The third-order valence-corrected chi connectivity index (χ3v) is 10.1. The molecule has 3 fully saturated rings. The predicted octanol–water partition coefficient (Wildman–Crippen LogP) is 3.22. The van der Waals surface area contributed by atoms with Crippen molar-refractivity contribution in [2.75, 3.05) is 49.1 Å². The molecule has 1 spiro atoms. The van der Waals surface area contributed by atoms with Gasteiger partial charge in [-0.05, 0) is 44.2 Å². The normalized spacial score (nSPS) is 21.7. The minimum atomic E-state index is -0.267. The molecule has 0 saturated carbocycles. The van der Waals surface area contributed by atoms with Gasteiger partial charge in [0.05, 0.1) is 5.54 Å². The minimum Gasteiger partial charge on any atom is -0.370 e. The zero-order valence-corrected chi connectivity index (χ0v) is 24.9. The van der Waals surface area contributed by atoms with Crippen LogP contribution in [-0.4, -0.2) is 79.9 Å². The van der Waals surface area contributed by atoms with Gasteiger partial charge in [0.1, 0.15) is 6.33 Å². The van der Waals surface area contributed by atoms with Gasteiger partial charge in [-0.3, -0.25) is 9.20 Å². The Morgan fingerprint density at radius 3 is 2.51 bits per heavy atom. The second-order valence-electron chi connectivity index (χ2n) is 12.4. The van der Waals surface area contributed by atoms with Gasteiger partial charge < -0.3 is 24.6 Å². The molecule has 11 heteroatoms. The van der Waals surface area contributed by atoms with Crippen molar-refractivity contribution < 1.29 is 4.79 Å². The van der Waals surface area contributed by atoms with Crippen molar-refractivity contribution in [3.63, 3.8) is 0 Å². The summed E-state index contributed by atoms with van der Waals surface area (Å²) in [7, 11) is 0. The number of benzene rings is 1. The number of urea groups is 1. The maximum Gasteiger partial charge on any atom is 0.318 e. The summed E-state index contributed by atoms with van der Waals surface area (Å²) in [4.78, 5) is 37.4. The Kier molecular flexibility index (Phi) is 6.82. The van der Waals surface area contributed by atoms with Crippen molar-refractivity contribution in [2.24, 2.45) is 0 Å². The fourth-order valence-electron chi connectivity index (χ4n) is 7.38. The largest absolute Gasteiger partial charge is 0.370 e. The number of hydrogen-bond donors (Lipinski definition) is 1. The van der Waals surface area contributed by atoms with Crippen molar-refractivity contribution in [1.82, 2.24) is 34.4 Å². The summed E-state index contributed by atoms with van der Waals surface area (Å²) in [5.74, 6) is 0.823. The van der Waals surface area contributed by atoms with Crippen LogP contribution >= 0.6 is 0 Å². The second-order valence-corrected chi connectivity index (χ2v) is 12.4. The van der Waals surface area contributed by atoms with E-state index in [1.54, 1.807) is 23.2 Å². The van der Waals surface area contributed by atoms with E-state index in [1.807, 2.05) is 22.4 Å². The highest BCUT2D eigenvalue weighted by Crippen LogP contribution is 2.39. The number of aromatic nitrogens is 5. The molecule has 1 atom stereocenters. The van der Waals surface area contributed by atoms with E-state index in [9.17, 15) is 9.59 Å². The van der Waals surface area contributed by atoms with E-state index in [1.165, 1.54) is 5.56 Å². The molecule has 224 valence electrons. The Morgan fingerprint density at radius 1 is 0.953 bits per heavy atom. The van der Waals surface area contributed by atoms with Gasteiger partial charge in [-0.2, -0.15) is 0 Å². The predicted molar refractivity (Wildman–Crippen MR) is 166 cm³/mol.